The highest BCUT2D eigenvalue weighted by atomic mass is 15.3. The summed E-state index contributed by atoms with van der Waals surface area (Å²) in [7, 11) is 2.05. The fourth-order valence-electron chi connectivity index (χ4n) is 3.51. The third-order valence-electron chi connectivity index (χ3n) is 4.74. The normalized spacial score (nSPS) is 17.6. The van der Waals surface area contributed by atoms with Crippen molar-refractivity contribution in [2.24, 2.45) is 7.05 Å². The minimum absolute atomic E-state index is 0.434. The summed E-state index contributed by atoms with van der Waals surface area (Å²) in [5.74, 6) is 0. The van der Waals surface area contributed by atoms with Gasteiger partial charge in [-0.3, -0.25) is 4.68 Å². The molecule has 0 saturated carbocycles. The molecule has 22 heavy (non-hydrogen) atoms. The maximum absolute atomic E-state index is 4.42. The van der Waals surface area contributed by atoms with Gasteiger partial charge in [-0.25, -0.2) is 0 Å². The van der Waals surface area contributed by atoms with Crippen LogP contribution in [0, 0.1) is 0 Å². The van der Waals surface area contributed by atoms with Gasteiger partial charge in [-0.05, 0) is 41.7 Å². The molecule has 1 heterocycles. The van der Waals surface area contributed by atoms with E-state index in [1.54, 1.807) is 0 Å². The molecule has 1 aliphatic carbocycles. The average Bonchev–Trinajstić information content (AvgIpc) is 2.95. The number of hydrogen-bond donors (Lipinski definition) is 1. The topological polar surface area (TPSA) is 29.9 Å². The molecule has 1 atom stereocenters. The van der Waals surface area contributed by atoms with Crippen molar-refractivity contribution in [3.05, 3.63) is 65.5 Å². The zero-order chi connectivity index (χ0) is 14.9. The Kier molecular flexibility index (Phi) is 3.43. The fraction of sp³-hybridized carbons (Fsp3) is 0.316. The van der Waals surface area contributed by atoms with E-state index in [-0.39, 0.29) is 0 Å². The van der Waals surface area contributed by atoms with Crippen LogP contribution in [0.15, 0.2) is 48.7 Å². The maximum Gasteiger partial charge on any atom is 0.0540 e. The van der Waals surface area contributed by atoms with Gasteiger partial charge in [0.15, 0.2) is 0 Å². The van der Waals surface area contributed by atoms with Crippen molar-refractivity contribution in [2.75, 3.05) is 0 Å². The van der Waals surface area contributed by atoms with Crippen molar-refractivity contribution in [1.82, 2.24) is 15.1 Å². The lowest BCUT2D eigenvalue weighted by atomic mass is 9.93. The summed E-state index contributed by atoms with van der Waals surface area (Å²) in [5, 5.41) is 10.8. The molecule has 0 amide bonds. The van der Waals surface area contributed by atoms with E-state index < -0.39 is 0 Å². The van der Waals surface area contributed by atoms with E-state index in [2.05, 4.69) is 52.9 Å². The molecule has 1 aromatic heterocycles. The molecule has 0 radical (unpaired) electrons. The Labute approximate surface area is 131 Å². The fourth-order valence-corrected chi connectivity index (χ4v) is 3.51. The summed E-state index contributed by atoms with van der Waals surface area (Å²) >= 11 is 0. The second kappa shape index (κ2) is 5.58. The molecule has 0 saturated heterocycles. The van der Waals surface area contributed by atoms with E-state index >= 15 is 0 Å². The highest BCUT2D eigenvalue weighted by Gasteiger charge is 2.22. The lowest BCUT2D eigenvalue weighted by Gasteiger charge is -2.24. The smallest absolute Gasteiger partial charge is 0.0540 e. The highest BCUT2D eigenvalue weighted by Crippen LogP contribution is 2.29. The Morgan fingerprint density at radius 2 is 2.05 bits per heavy atom. The summed E-state index contributed by atoms with van der Waals surface area (Å²) in [6.07, 6.45) is 5.63. The second-order valence-corrected chi connectivity index (χ2v) is 6.18. The van der Waals surface area contributed by atoms with Gasteiger partial charge in [-0.15, -0.1) is 0 Å². The Hall–Kier alpha value is -2.13. The van der Waals surface area contributed by atoms with Crippen LogP contribution in [-0.2, 0) is 20.0 Å². The van der Waals surface area contributed by atoms with Gasteiger partial charge in [0.2, 0.25) is 0 Å². The number of nitrogens with zero attached hydrogens (tertiary/aromatic N) is 2. The van der Waals surface area contributed by atoms with Crippen molar-refractivity contribution >= 4 is 10.8 Å². The number of rotatable bonds is 3. The number of aromatic nitrogens is 2. The van der Waals surface area contributed by atoms with Gasteiger partial charge < -0.3 is 5.32 Å². The summed E-state index contributed by atoms with van der Waals surface area (Å²) in [6, 6.07) is 15.7. The van der Waals surface area contributed by atoms with Gasteiger partial charge >= 0.3 is 0 Å². The molecule has 0 bridgehead atoms. The van der Waals surface area contributed by atoms with E-state index in [9.17, 15) is 0 Å². The molecule has 0 spiro atoms. The first-order valence-corrected chi connectivity index (χ1v) is 8.03. The van der Waals surface area contributed by atoms with E-state index in [1.165, 1.54) is 40.4 Å². The van der Waals surface area contributed by atoms with Crippen LogP contribution in [0.4, 0.5) is 0 Å². The molecule has 4 rings (SSSR count). The van der Waals surface area contributed by atoms with Crippen molar-refractivity contribution < 1.29 is 0 Å². The molecule has 2 aromatic carbocycles. The lowest BCUT2D eigenvalue weighted by molar-refractivity contribution is 0.452. The van der Waals surface area contributed by atoms with E-state index in [0.29, 0.717) is 6.04 Å². The van der Waals surface area contributed by atoms with E-state index in [1.807, 2.05) is 17.9 Å². The summed E-state index contributed by atoms with van der Waals surface area (Å²) in [4.78, 5) is 0. The highest BCUT2D eigenvalue weighted by molar-refractivity contribution is 5.82. The predicted molar refractivity (Wildman–Crippen MR) is 89.7 cm³/mol. The molecule has 1 aliphatic rings. The third-order valence-corrected chi connectivity index (χ3v) is 4.74. The summed E-state index contributed by atoms with van der Waals surface area (Å²) in [5.41, 5.74) is 4.12. The quantitative estimate of drug-likeness (QED) is 0.796. The molecule has 0 aliphatic heterocycles. The summed E-state index contributed by atoms with van der Waals surface area (Å²) < 4.78 is 2.03. The third kappa shape index (κ3) is 2.42. The Bertz CT molecular complexity index is 803. The zero-order valence-corrected chi connectivity index (χ0v) is 12.9. The molecule has 0 fully saturated rings. The van der Waals surface area contributed by atoms with Gasteiger partial charge in [0.1, 0.15) is 0 Å². The number of fused-ring (bicyclic) bond motifs is 2. The molecule has 112 valence electrons. The van der Waals surface area contributed by atoms with Gasteiger partial charge in [-0.1, -0.05) is 36.4 Å². The van der Waals surface area contributed by atoms with Crippen LogP contribution in [0.3, 0.4) is 0 Å². The molecule has 3 heteroatoms. The van der Waals surface area contributed by atoms with Gasteiger partial charge in [-0.2, -0.15) is 5.10 Å². The first-order valence-electron chi connectivity index (χ1n) is 8.03. The van der Waals surface area contributed by atoms with Crippen LogP contribution < -0.4 is 5.32 Å². The zero-order valence-electron chi connectivity index (χ0n) is 12.9. The van der Waals surface area contributed by atoms with Crippen LogP contribution >= 0.6 is 0 Å². The van der Waals surface area contributed by atoms with Crippen LogP contribution in [0.1, 0.15) is 35.7 Å². The van der Waals surface area contributed by atoms with Crippen LogP contribution in [0.2, 0.25) is 0 Å². The van der Waals surface area contributed by atoms with Crippen LogP contribution in [0.25, 0.3) is 10.8 Å². The Morgan fingerprint density at radius 3 is 2.95 bits per heavy atom. The first-order chi connectivity index (χ1) is 10.8. The van der Waals surface area contributed by atoms with Crippen molar-refractivity contribution in [1.29, 1.82) is 0 Å². The predicted octanol–water partition coefficient (Wildman–Crippen LogP) is 3.74. The van der Waals surface area contributed by atoms with Crippen molar-refractivity contribution in [3.8, 4) is 0 Å². The standard InChI is InChI=1S/C19H21N3/c1-22-19-8-4-7-18(17(19)13-21-22)20-12-14-9-10-15-5-2-3-6-16(15)11-14/h2-3,5-6,9-11,13,18,20H,4,7-8,12H2,1H3/t18-/m0/s1. The first kappa shape index (κ1) is 13.5. The van der Waals surface area contributed by atoms with Crippen molar-refractivity contribution in [3.63, 3.8) is 0 Å². The second-order valence-electron chi connectivity index (χ2n) is 6.18. The van der Waals surface area contributed by atoms with Crippen molar-refractivity contribution in [2.45, 2.75) is 31.8 Å². The molecular weight excluding hydrogens is 270 g/mol. The Balaban J connectivity index is 1.52. The van der Waals surface area contributed by atoms with Crippen LogP contribution in [-0.4, -0.2) is 9.78 Å². The van der Waals surface area contributed by atoms with E-state index in [0.717, 1.165) is 13.0 Å². The van der Waals surface area contributed by atoms with Gasteiger partial charge in [0, 0.05) is 30.9 Å². The largest absolute Gasteiger partial charge is 0.306 e. The molecular formula is C19H21N3. The van der Waals surface area contributed by atoms with E-state index in [4.69, 9.17) is 0 Å². The minimum atomic E-state index is 0.434. The Morgan fingerprint density at radius 1 is 1.18 bits per heavy atom. The lowest BCUT2D eigenvalue weighted by Crippen LogP contribution is -2.24. The average molecular weight is 291 g/mol. The maximum atomic E-state index is 4.42. The van der Waals surface area contributed by atoms with Gasteiger partial charge in [0.05, 0.1) is 6.20 Å². The number of benzene rings is 2. The van der Waals surface area contributed by atoms with Crippen LogP contribution in [0.5, 0.6) is 0 Å². The van der Waals surface area contributed by atoms with Gasteiger partial charge in [0.25, 0.3) is 0 Å². The molecule has 3 aromatic rings. The molecule has 1 N–H and O–H groups in total. The number of hydrogen-bond acceptors (Lipinski definition) is 2. The monoisotopic (exact) mass is 291 g/mol. The molecule has 0 unspecified atom stereocenters. The SMILES string of the molecule is Cn1ncc2c1CCC[C@@H]2NCc1ccc2ccccc2c1. The summed E-state index contributed by atoms with van der Waals surface area (Å²) in [6.45, 7) is 0.907. The number of aryl methyl sites for hydroxylation is 1. The number of nitrogens with one attached hydrogen (secondary N) is 1. The minimum Gasteiger partial charge on any atom is -0.306 e. The molecule has 3 nitrogen and oxygen atoms in total.